The molecule has 0 fully saturated rings. The maximum Gasteiger partial charge on any atom is 0.341 e. The third-order valence-electron chi connectivity index (χ3n) is 6.52. The fourth-order valence-corrected chi connectivity index (χ4v) is 6.56. The molecular formula is C31H28N2O9S2. The Morgan fingerprint density at radius 1 is 0.909 bits per heavy atom. The average Bonchev–Trinajstić information content (AvgIpc) is 3.59. The third-order valence-corrected chi connectivity index (χ3v) is 8.98. The molecule has 3 aromatic carbocycles. The lowest BCUT2D eigenvalue weighted by atomic mass is 10.0. The second kappa shape index (κ2) is 13.2. The van der Waals surface area contributed by atoms with E-state index in [9.17, 15) is 22.8 Å². The van der Waals surface area contributed by atoms with Gasteiger partial charge in [0.05, 0.1) is 22.6 Å². The van der Waals surface area contributed by atoms with Gasteiger partial charge in [-0.15, -0.1) is 11.3 Å². The van der Waals surface area contributed by atoms with Crippen molar-refractivity contribution >= 4 is 49.9 Å². The molecule has 0 aliphatic carbocycles. The number of carbonyl (C=O) groups is 3. The molecule has 1 aromatic heterocycles. The van der Waals surface area contributed by atoms with Crippen molar-refractivity contribution in [1.29, 1.82) is 0 Å². The zero-order valence-corrected chi connectivity index (χ0v) is 25.4. The van der Waals surface area contributed by atoms with Crippen LogP contribution in [0.1, 0.15) is 43.6 Å². The molecule has 0 bridgehead atoms. The third kappa shape index (κ3) is 7.01. The molecule has 0 saturated carbocycles. The van der Waals surface area contributed by atoms with E-state index in [2.05, 4.69) is 10.0 Å². The smallest absolute Gasteiger partial charge is 0.341 e. The largest absolute Gasteiger partial charge is 0.462 e. The second-order valence-corrected chi connectivity index (χ2v) is 12.5. The lowest BCUT2D eigenvalue weighted by molar-refractivity contribution is -0.119. The molecule has 0 radical (unpaired) electrons. The molecule has 2 N–H and O–H groups in total. The lowest BCUT2D eigenvalue weighted by Gasteiger charge is -2.10. The van der Waals surface area contributed by atoms with E-state index in [0.717, 1.165) is 10.4 Å². The van der Waals surface area contributed by atoms with Crippen LogP contribution in [-0.2, 0) is 30.7 Å². The molecule has 13 heteroatoms. The minimum atomic E-state index is -3.87. The number of hydrogen-bond donors (Lipinski definition) is 2. The van der Waals surface area contributed by atoms with Crippen LogP contribution in [0.25, 0.3) is 0 Å². The maximum absolute atomic E-state index is 13.0. The predicted molar refractivity (Wildman–Crippen MR) is 163 cm³/mol. The van der Waals surface area contributed by atoms with E-state index < -0.39 is 34.5 Å². The second-order valence-electron chi connectivity index (χ2n) is 9.55. The Morgan fingerprint density at radius 3 is 2.36 bits per heavy atom. The van der Waals surface area contributed by atoms with Crippen molar-refractivity contribution in [3.63, 3.8) is 0 Å². The fourth-order valence-electron chi connectivity index (χ4n) is 4.42. The summed E-state index contributed by atoms with van der Waals surface area (Å²) in [4.78, 5) is 39.1. The fraction of sp³-hybridized carbons (Fsp3) is 0.194. The lowest BCUT2D eigenvalue weighted by Crippen LogP contribution is -2.22. The highest BCUT2D eigenvalue weighted by Gasteiger charge is 2.26. The first kappa shape index (κ1) is 30.6. The summed E-state index contributed by atoms with van der Waals surface area (Å²) >= 11 is 1.21. The Kier molecular flexibility index (Phi) is 9.16. The van der Waals surface area contributed by atoms with Gasteiger partial charge in [-0.1, -0.05) is 24.3 Å². The average molecular weight is 637 g/mol. The van der Waals surface area contributed by atoms with Crippen molar-refractivity contribution < 1.29 is 41.7 Å². The van der Waals surface area contributed by atoms with Gasteiger partial charge in [-0.3, -0.25) is 9.52 Å². The summed E-state index contributed by atoms with van der Waals surface area (Å²) in [6.45, 7) is 3.18. The number of benzene rings is 3. The highest BCUT2D eigenvalue weighted by molar-refractivity contribution is 7.92. The number of rotatable bonds is 11. The number of carbonyl (C=O) groups excluding carboxylic acids is 3. The molecule has 0 atom stereocenters. The van der Waals surface area contributed by atoms with Crippen molar-refractivity contribution in [2.75, 3.05) is 30.0 Å². The van der Waals surface area contributed by atoms with Gasteiger partial charge >= 0.3 is 11.9 Å². The van der Waals surface area contributed by atoms with Crippen LogP contribution in [0.4, 0.5) is 10.7 Å². The molecule has 1 aliphatic heterocycles. The SMILES string of the molecule is CCOC(=O)c1c(NC(=O)COC(=O)c2ccc(S(=O)(=O)Nc3ccccc3)cc2)sc(C)c1Cc1ccc2c(c1)OCO2. The Labute approximate surface area is 257 Å². The zero-order chi connectivity index (χ0) is 31.3. The van der Waals surface area contributed by atoms with Crippen molar-refractivity contribution in [2.45, 2.75) is 25.2 Å². The molecular weight excluding hydrogens is 608 g/mol. The number of amides is 1. The van der Waals surface area contributed by atoms with Crippen LogP contribution in [-0.4, -0.2) is 46.3 Å². The van der Waals surface area contributed by atoms with Gasteiger partial charge in [0.1, 0.15) is 5.00 Å². The Balaban J connectivity index is 1.24. The number of aryl methyl sites for hydroxylation is 1. The van der Waals surface area contributed by atoms with Gasteiger partial charge in [0.25, 0.3) is 15.9 Å². The number of anilines is 2. The van der Waals surface area contributed by atoms with Crippen molar-refractivity contribution in [1.82, 2.24) is 0 Å². The number of nitrogens with one attached hydrogen (secondary N) is 2. The predicted octanol–water partition coefficient (Wildman–Crippen LogP) is 5.15. The van der Waals surface area contributed by atoms with Gasteiger partial charge in [0, 0.05) is 10.6 Å². The molecule has 44 heavy (non-hydrogen) atoms. The summed E-state index contributed by atoms with van der Waals surface area (Å²) < 4.78 is 49.0. The van der Waals surface area contributed by atoms with Crippen molar-refractivity contribution in [2.24, 2.45) is 0 Å². The Morgan fingerprint density at radius 2 is 1.64 bits per heavy atom. The Bertz CT molecular complexity index is 1800. The summed E-state index contributed by atoms with van der Waals surface area (Å²) in [5.41, 5.74) is 2.25. The van der Waals surface area contributed by atoms with Crippen LogP contribution < -0.4 is 19.5 Å². The number of sulfonamides is 1. The molecule has 11 nitrogen and oxygen atoms in total. The summed E-state index contributed by atoms with van der Waals surface area (Å²) in [5, 5.41) is 2.94. The molecule has 1 aliphatic rings. The highest BCUT2D eigenvalue weighted by atomic mass is 32.2. The van der Waals surface area contributed by atoms with E-state index in [1.807, 2.05) is 19.1 Å². The first-order valence-electron chi connectivity index (χ1n) is 13.5. The van der Waals surface area contributed by atoms with Gasteiger partial charge in [0.2, 0.25) is 6.79 Å². The van der Waals surface area contributed by atoms with Crippen LogP contribution in [0.15, 0.2) is 77.7 Å². The van der Waals surface area contributed by atoms with Gasteiger partial charge in [-0.25, -0.2) is 18.0 Å². The molecule has 0 spiro atoms. The maximum atomic E-state index is 13.0. The van der Waals surface area contributed by atoms with E-state index in [1.54, 1.807) is 43.3 Å². The topological polar surface area (TPSA) is 146 Å². The summed E-state index contributed by atoms with van der Waals surface area (Å²) in [6.07, 6.45) is 0.380. The minimum absolute atomic E-state index is 0.0493. The molecule has 5 rings (SSSR count). The van der Waals surface area contributed by atoms with Crippen LogP contribution in [0.5, 0.6) is 11.5 Å². The molecule has 1 amide bonds. The van der Waals surface area contributed by atoms with Gasteiger partial charge in [-0.05, 0) is 79.9 Å². The van der Waals surface area contributed by atoms with E-state index in [4.69, 9.17) is 18.9 Å². The van der Waals surface area contributed by atoms with E-state index in [-0.39, 0.29) is 34.4 Å². The summed E-state index contributed by atoms with van der Waals surface area (Å²) in [7, 11) is -3.87. The first-order chi connectivity index (χ1) is 21.1. The number of para-hydroxylation sites is 1. The van der Waals surface area contributed by atoms with E-state index in [1.165, 1.54) is 35.6 Å². The standard InChI is InChI=1S/C31H28N2O9S2/c1-3-39-31(36)28-24(15-20-9-14-25-26(16-20)42-18-41-25)19(2)43-29(28)32-27(34)17-40-30(35)21-10-12-23(13-11-21)44(37,38)33-22-7-5-4-6-8-22/h4-14,16,33H,3,15,17-18H2,1-2H3,(H,32,34). The van der Waals surface area contributed by atoms with Gasteiger partial charge < -0.3 is 24.3 Å². The normalized spacial score (nSPS) is 12.0. The first-order valence-corrected chi connectivity index (χ1v) is 15.8. The number of fused-ring (bicyclic) bond motifs is 1. The highest BCUT2D eigenvalue weighted by Crippen LogP contribution is 2.38. The number of esters is 2. The van der Waals surface area contributed by atoms with Crippen molar-refractivity contribution in [3.8, 4) is 11.5 Å². The number of thiophene rings is 1. The van der Waals surface area contributed by atoms with Crippen LogP contribution in [0.3, 0.4) is 0 Å². The quantitative estimate of drug-likeness (QED) is 0.214. The monoisotopic (exact) mass is 636 g/mol. The summed E-state index contributed by atoms with van der Waals surface area (Å²) in [5.74, 6) is -0.812. The van der Waals surface area contributed by atoms with Crippen molar-refractivity contribution in [3.05, 3.63) is 99.9 Å². The van der Waals surface area contributed by atoms with E-state index >= 15 is 0 Å². The zero-order valence-electron chi connectivity index (χ0n) is 23.7. The number of ether oxygens (including phenoxy) is 4. The Hall–Kier alpha value is -4.88. The van der Waals surface area contributed by atoms with Crippen LogP contribution in [0, 0.1) is 6.92 Å². The summed E-state index contributed by atoms with van der Waals surface area (Å²) in [6, 6.07) is 19.0. The van der Waals surface area contributed by atoms with E-state index in [0.29, 0.717) is 29.2 Å². The molecule has 228 valence electrons. The van der Waals surface area contributed by atoms with Gasteiger partial charge in [-0.2, -0.15) is 0 Å². The molecule has 0 saturated heterocycles. The number of hydrogen-bond acceptors (Lipinski definition) is 10. The molecule has 0 unspecified atom stereocenters. The minimum Gasteiger partial charge on any atom is -0.462 e. The molecule has 2 heterocycles. The van der Waals surface area contributed by atoms with Crippen LogP contribution in [0.2, 0.25) is 0 Å². The van der Waals surface area contributed by atoms with Gasteiger partial charge in [0.15, 0.2) is 18.1 Å². The van der Waals surface area contributed by atoms with Crippen LogP contribution >= 0.6 is 11.3 Å². The molecule has 4 aromatic rings.